The molecule has 8 heteroatoms. The second-order valence-corrected chi connectivity index (χ2v) is 9.85. The van der Waals surface area contributed by atoms with Gasteiger partial charge in [-0.25, -0.2) is 18.4 Å². The monoisotopic (exact) mass is 415 g/mol. The quantitative estimate of drug-likeness (QED) is 0.765. The van der Waals surface area contributed by atoms with Crippen LogP contribution < -0.4 is 9.80 Å². The van der Waals surface area contributed by atoms with Gasteiger partial charge in [0.15, 0.2) is 0 Å². The van der Waals surface area contributed by atoms with Crippen molar-refractivity contribution in [1.82, 2.24) is 14.3 Å². The molecule has 1 aromatic carbocycles. The molecular formula is C21H29N5O2S. The molecule has 2 aliphatic heterocycles. The van der Waals surface area contributed by atoms with Crippen LogP contribution in [-0.2, 0) is 10.0 Å². The van der Waals surface area contributed by atoms with E-state index >= 15 is 0 Å². The number of aromatic nitrogens is 2. The molecule has 3 heterocycles. The highest BCUT2D eigenvalue weighted by molar-refractivity contribution is 7.89. The van der Waals surface area contributed by atoms with Crippen LogP contribution in [0.3, 0.4) is 0 Å². The molecule has 0 N–H and O–H groups in total. The van der Waals surface area contributed by atoms with Crippen LogP contribution in [0.1, 0.15) is 30.4 Å². The maximum Gasteiger partial charge on any atom is 0.243 e. The first-order valence-electron chi connectivity index (χ1n) is 10.3. The van der Waals surface area contributed by atoms with E-state index in [4.69, 9.17) is 0 Å². The van der Waals surface area contributed by atoms with Crippen molar-refractivity contribution < 1.29 is 8.42 Å². The van der Waals surface area contributed by atoms with Gasteiger partial charge in [0, 0.05) is 45.3 Å². The molecule has 0 unspecified atom stereocenters. The average molecular weight is 416 g/mol. The first-order valence-corrected chi connectivity index (χ1v) is 11.8. The summed E-state index contributed by atoms with van der Waals surface area (Å²) in [5.74, 6) is 1.85. The van der Waals surface area contributed by atoms with Gasteiger partial charge in [0.05, 0.1) is 4.90 Å². The van der Waals surface area contributed by atoms with Crippen molar-refractivity contribution in [2.24, 2.45) is 0 Å². The number of nitrogens with zero attached hydrogens (tertiary/aromatic N) is 5. The number of piperazine rings is 1. The molecule has 2 aliphatic rings. The number of benzene rings is 1. The van der Waals surface area contributed by atoms with E-state index in [0.717, 1.165) is 35.9 Å². The molecule has 2 saturated heterocycles. The van der Waals surface area contributed by atoms with Crippen LogP contribution in [0.15, 0.2) is 35.5 Å². The molecule has 0 bridgehead atoms. The topological polar surface area (TPSA) is 69.6 Å². The minimum atomic E-state index is -3.48. The van der Waals surface area contributed by atoms with Crippen molar-refractivity contribution in [2.75, 3.05) is 49.1 Å². The van der Waals surface area contributed by atoms with E-state index < -0.39 is 10.0 Å². The van der Waals surface area contributed by atoms with Gasteiger partial charge in [-0.3, -0.25) is 0 Å². The summed E-state index contributed by atoms with van der Waals surface area (Å²) in [6.45, 7) is 8.02. The summed E-state index contributed by atoms with van der Waals surface area (Å²) in [6.07, 6.45) is 5.31. The number of hydrogen-bond donors (Lipinski definition) is 0. The molecule has 7 nitrogen and oxygen atoms in total. The zero-order chi connectivity index (χ0) is 20.4. The summed E-state index contributed by atoms with van der Waals surface area (Å²) in [4.78, 5) is 13.8. The fraction of sp³-hybridized carbons (Fsp3) is 0.524. The lowest BCUT2D eigenvalue weighted by atomic mass is 10.1. The van der Waals surface area contributed by atoms with Crippen LogP contribution in [-0.4, -0.2) is 62.0 Å². The molecule has 0 atom stereocenters. The second-order valence-electron chi connectivity index (χ2n) is 7.94. The standard InChI is InChI=1S/C21H29N5O2S/c1-17-6-7-18(2)19(14-17)29(27,28)26-12-10-25(11-13-26)21-15-20(22-16-23-21)24-8-4-3-5-9-24/h6-7,14-16H,3-5,8-13H2,1-2H3. The Hall–Kier alpha value is -2.19. The molecule has 29 heavy (non-hydrogen) atoms. The minimum absolute atomic E-state index is 0.417. The van der Waals surface area contributed by atoms with Crippen molar-refractivity contribution in [3.8, 4) is 0 Å². The molecular weight excluding hydrogens is 386 g/mol. The highest BCUT2D eigenvalue weighted by atomic mass is 32.2. The van der Waals surface area contributed by atoms with Crippen LogP contribution in [0.5, 0.6) is 0 Å². The van der Waals surface area contributed by atoms with Crippen molar-refractivity contribution in [2.45, 2.75) is 38.0 Å². The predicted molar refractivity (Wildman–Crippen MR) is 115 cm³/mol. The van der Waals surface area contributed by atoms with Crippen molar-refractivity contribution in [1.29, 1.82) is 0 Å². The van der Waals surface area contributed by atoms with Crippen LogP contribution in [0.4, 0.5) is 11.6 Å². The fourth-order valence-electron chi connectivity index (χ4n) is 4.09. The van der Waals surface area contributed by atoms with Gasteiger partial charge in [0.2, 0.25) is 10.0 Å². The van der Waals surface area contributed by atoms with Gasteiger partial charge >= 0.3 is 0 Å². The maximum atomic E-state index is 13.1. The Labute approximate surface area is 173 Å². The highest BCUT2D eigenvalue weighted by Gasteiger charge is 2.30. The lowest BCUT2D eigenvalue weighted by Gasteiger charge is -2.35. The fourth-order valence-corrected chi connectivity index (χ4v) is 5.82. The van der Waals surface area contributed by atoms with E-state index in [2.05, 4.69) is 19.8 Å². The Balaban J connectivity index is 1.46. The second kappa shape index (κ2) is 8.28. The van der Waals surface area contributed by atoms with Gasteiger partial charge < -0.3 is 9.80 Å². The van der Waals surface area contributed by atoms with Gasteiger partial charge in [0.1, 0.15) is 18.0 Å². The Morgan fingerprint density at radius 2 is 1.41 bits per heavy atom. The third-order valence-electron chi connectivity index (χ3n) is 5.84. The first kappa shape index (κ1) is 20.1. The number of anilines is 2. The first-order chi connectivity index (χ1) is 13.9. The summed E-state index contributed by atoms with van der Waals surface area (Å²) in [6, 6.07) is 7.63. The predicted octanol–water partition coefficient (Wildman–Crippen LogP) is 2.59. The Kier molecular flexibility index (Phi) is 5.74. The molecule has 0 amide bonds. The van der Waals surface area contributed by atoms with Crippen LogP contribution >= 0.6 is 0 Å². The Morgan fingerprint density at radius 1 is 0.793 bits per heavy atom. The Morgan fingerprint density at radius 3 is 2.07 bits per heavy atom. The zero-order valence-electron chi connectivity index (χ0n) is 17.2. The lowest BCUT2D eigenvalue weighted by Crippen LogP contribution is -2.49. The normalized spacial score (nSPS) is 18.8. The van der Waals surface area contributed by atoms with E-state index in [0.29, 0.717) is 31.1 Å². The molecule has 0 spiro atoms. The van der Waals surface area contributed by atoms with Crippen molar-refractivity contribution >= 4 is 21.7 Å². The summed E-state index contributed by atoms with van der Waals surface area (Å²) >= 11 is 0. The van der Waals surface area contributed by atoms with Gasteiger partial charge in [0.25, 0.3) is 0 Å². The molecule has 2 aromatic rings. The molecule has 156 valence electrons. The lowest BCUT2D eigenvalue weighted by molar-refractivity contribution is 0.383. The molecule has 0 radical (unpaired) electrons. The third-order valence-corrected chi connectivity index (χ3v) is 7.88. The Bertz CT molecular complexity index is 965. The number of aryl methyl sites for hydroxylation is 2. The van der Waals surface area contributed by atoms with E-state index in [1.165, 1.54) is 19.3 Å². The van der Waals surface area contributed by atoms with E-state index in [9.17, 15) is 8.42 Å². The van der Waals surface area contributed by atoms with Gasteiger partial charge in [-0.15, -0.1) is 0 Å². The molecule has 2 fully saturated rings. The summed E-state index contributed by atoms with van der Waals surface area (Å²) < 4.78 is 27.9. The van der Waals surface area contributed by atoms with Crippen LogP contribution in [0.25, 0.3) is 0 Å². The van der Waals surface area contributed by atoms with Gasteiger partial charge in [-0.05, 0) is 50.3 Å². The SMILES string of the molecule is Cc1ccc(C)c(S(=O)(=O)N2CCN(c3cc(N4CCCCC4)ncn3)CC2)c1. The van der Waals surface area contributed by atoms with E-state index in [1.807, 2.05) is 32.0 Å². The van der Waals surface area contributed by atoms with Crippen molar-refractivity contribution in [3.63, 3.8) is 0 Å². The maximum absolute atomic E-state index is 13.1. The number of piperidine rings is 1. The van der Waals surface area contributed by atoms with Gasteiger partial charge in [-0.2, -0.15) is 4.31 Å². The van der Waals surface area contributed by atoms with E-state index in [-0.39, 0.29) is 0 Å². The minimum Gasteiger partial charge on any atom is -0.356 e. The number of rotatable bonds is 4. The highest BCUT2D eigenvalue weighted by Crippen LogP contribution is 2.25. The zero-order valence-corrected chi connectivity index (χ0v) is 18.0. The van der Waals surface area contributed by atoms with Crippen LogP contribution in [0, 0.1) is 13.8 Å². The van der Waals surface area contributed by atoms with Gasteiger partial charge in [-0.1, -0.05) is 12.1 Å². The summed E-state index contributed by atoms with van der Waals surface area (Å²) in [7, 11) is -3.48. The molecule has 0 saturated carbocycles. The third kappa shape index (κ3) is 4.23. The summed E-state index contributed by atoms with van der Waals surface area (Å²) in [5.41, 5.74) is 1.75. The number of hydrogen-bond acceptors (Lipinski definition) is 6. The summed E-state index contributed by atoms with van der Waals surface area (Å²) in [5, 5.41) is 0. The smallest absolute Gasteiger partial charge is 0.243 e. The molecule has 0 aliphatic carbocycles. The molecule has 4 rings (SSSR count). The van der Waals surface area contributed by atoms with Crippen molar-refractivity contribution in [3.05, 3.63) is 41.7 Å². The largest absolute Gasteiger partial charge is 0.356 e. The van der Waals surface area contributed by atoms with Crippen LogP contribution in [0.2, 0.25) is 0 Å². The molecule has 1 aromatic heterocycles. The average Bonchev–Trinajstić information content (AvgIpc) is 2.76. The van der Waals surface area contributed by atoms with E-state index in [1.54, 1.807) is 16.7 Å². The number of sulfonamides is 1.